The van der Waals surface area contributed by atoms with Crippen molar-refractivity contribution in [3.05, 3.63) is 95.8 Å². The van der Waals surface area contributed by atoms with Crippen molar-refractivity contribution in [3.8, 4) is 11.1 Å². The van der Waals surface area contributed by atoms with Gasteiger partial charge in [0.1, 0.15) is 24.2 Å². The zero-order valence-electron chi connectivity index (χ0n) is 30.2. The summed E-state index contributed by atoms with van der Waals surface area (Å²) in [4.78, 5) is 73.5. The summed E-state index contributed by atoms with van der Waals surface area (Å²) in [7, 11) is 0. The molecule has 0 radical (unpaired) electrons. The lowest BCUT2D eigenvalue weighted by atomic mass is 9.84. The van der Waals surface area contributed by atoms with Crippen LogP contribution in [0.25, 0.3) is 11.1 Å². The smallest absolute Gasteiger partial charge is 0.321 e. The maximum atomic E-state index is 15.0. The molecule has 0 spiro atoms. The topological polar surface area (TPSA) is 205 Å². The fourth-order valence-electron chi connectivity index (χ4n) is 6.03. The number of carboxylic acid groups (broad SMARTS) is 1. The van der Waals surface area contributed by atoms with E-state index in [9.17, 15) is 42.7 Å². The monoisotopic (exact) mass is 749 g/mol. The van der Waals surface area contributed by atoms with E-state index in [0.717, 1.165) is 46.5 Å². The number of hydrogen-bond donors (Lipinski definition) is 6. The first-order valence-electron chi connectivity index (χ1n) is 17.3. The molecule has 54 heavy (non-hydrogen) atoms. The van der Waals surface area contributed by atoms with E-state index in [4.69, 9.17) is 5.73 Å². The summed E-state index contributed by atoms with van der Waals surface area (Å²) in [5.41, 5.74) is 7.08. The van der Waals surface area contributed by atoms with Gasteiger partial charge in [-0.3, -0.25) is 39.0 Å². The fraction of sp³-hybridized carbons (Fsp3) is 0.368. The number of imide groups is 1. The van der Waals surface area contributed by atoms with Crippen molar-refractivity contribution in [1.29, 1.82) is 0 Å². The molecule has 288 valence electrons. The number of benzene rings is 2. The number of primary amides is 1. The molecule has 0 unspecified atom stereocenters. The van der Waals surface area contributed by atoms with Crippen molar-refractivity contribution in [3.63, 3.8) is 0 Å². The van der Waals surface area contributed by atoms with Crippen LogP contribution in [0.5, 0.6) is 0 Å². The second-order valence-corrected chi connectivity index (χ2v) is 14.0. The number of nitrogens with two attached hydrogens (primary N) is 1. The van der Waals surface area contributed by atoms with E-state index in [-0.39, 0.29) is 31.6 Å². The molecule has 1 aliphatic heterocycles. The van der Waals surface area contributed by atoms with Crippen molar-refractivity contribution >= 4 is 35.5 Å². The van der Waals surface area contributed by atoms with Crippen LogP contribution in [0.15, 0.2) is 72.9 Å². The Morgan fingerprint density at radius 3 is 2.19 bits per heavy atom. The van der Waals surface area contributed by atoms with Gasteiger partial charge in [0.25, 0.3) is 11.8 Å². The lowest BCUT2D eigenvalue weighted by Crippen LogP contribution is -2.53. The number of nitrogens with one attached hydrogen (secondary N) is 4. The van der Waals surface area contributed by atoms with Crippen LogP contribution in [0.1, 0.15) is 50.9 Å². The Morgan fingerprint density at radius 1 is 0.889 bits per heavy atom. The van der Waals surface area contributed by atoms with Gasteiger partial charge >= 0.3 is 5.97 Å². The second kappa shape index (κ2) is 18.3. The largest absolute Gasteiger partial charge is 0.480 e. The highest BCUT2D eigenvalue weighted by molar-refractivity contribution is 6.14. The maximum absolute atomic E-state index is 15.0. The van der Waals surface area contributed by atoms with Gasteiger partial charge in [-0.15, -0.1) is 0 Å². The predicted octanol–water partition coefficient (Wildman–Crippen LogP) is 1.99. The summed E-state index contributed by atoms with van der Waals surface area (Å²) in [6.45, 7) is 5.89. The van der Waals surface area contributed by atoms with E-state index in [0.29, 0.717) is 12.1 Å². The van der Waals surface area contributed by atoms with Crippen LogP contribution < -0.4 is 27.0 Å². The Kier molecular flexibility index (Phi) is 13.9. The van der Waals surface area contributed by atoms with Gasteiger partial charge in [-0.05, 0) is 48.2 Å². The summed E-state index contributed by atoms with van der Waals surface area (Å²) in [6.07, 6.45) is 3.32. The molecular weight excluding hydrogens is 704 g/mol. The van der Waals surface area contributed by atoms with Crippen LogP contribution in [0.2, 0.25) is 0 Å². The van der Waals surface area contributed by atoms with Crippen molar-refractivity contribution in [2.75, 3.05) is 26.2 Å². The molecule has 1 aliphatic rings. The summed E-state index contributed by atoms with van der Waals surface area (Å²) >= 11 is 0. The third kappa shape index (κ3) is 11.4. The lowest BCUT2D eigenvalue weighted by molar-refractivity contribution is -0.142. The molecule has 0 fully saturated rings. The number of hydrogen-bond acceptors (Lipinski definition) is 8. The number of carbonyl (C=O) groups excluding carboxylic acids is 5. The van der Waals surface area contributed by atoms with Gasteiger partial charge < -0.3 is 31.4 Å². The summed E-state index contributed by atoms with van der Waals surface area (Å²) in [5, 5.41) is 21.1. The molecule has 0 saturated heterocycles. The number of aromatic nitrogens is 1. The average Bonchev–Trinajstić information content (AvgIpc) is 3.65. The molecular formula is C38H45F2N7O7. The zero-order valence-corrected chi connectivity index (χ0v) is 30.2. The molecule has 16 heteroatoms. The lowest BCUT2D eigenvalue weighted by Gasteiger charge is -2.33. The number of halogens is 2. The molecule has 3 aromatic rings. The molecule has 7 N–H and O–H groups in total. The van der Waals surface area contributed by atoms with Gasteiger partial charge in [0.05, 0.1) is 18.5 Å². The highest BCUT2D eigenvalue weighted by Crippen LogP contribution is 2.37. The van der Waals surface area contributed by atoms with E-state index >= 15 is 0 Å². The third-order valence-corrected chi connectivity index (χ3v) is 8.68. The van der Waals surface area contributed by atoms with E-state index in [1.807, 2.05) is 55.7 Å². The van der Waals surface area contributed by atoms with E-state index in [1.165, 1.54) is 0 Å². The van der Waals surface area contributed by atoms with Crippen molar-refractivity contribution in [1.82, 2.24) is 30.7 Å². The molecule has 0 aliphatic carbocycles. The molecule has 4 rings (SSSR count). The molecule has 14 nitrogen and oxygen atoms in total. The van der Waals surface area contributed by atoms with E-state index in [2.05, 4.69) is 21.3 Å². The Hall–Kier alpha value is -5.74. The summed E-state index contributed by atoms with van der Waals surface area (Å²) in [6, 6.07) is 11.6. The predicted molar refractivity (Wildman–Crippen MR) is 194 cm³/mol. The highest BCUT2D eigenvalue weighted by atomic mass is 19.1. The Bertz CT molecular complexity index is 1870. The molecule has 0 bridgehead atoms. The van der Waals surface area contributed by atoms with Crippen LogP contribution in [0.4, 0.5) is 8.78 Å². The van der Waals surface area contributed by atoms with Gasteiger partial charge in [-0.25, -0.2) is 8.78 Å². The first kappa shape index (κ1) is 41.0. The Morgan fingerprint density at radius 2 is 1.56 bits per heavy atom. The summed E-state index contributed by atoms with van der Waals surface area (Å²) < 4.78 is 31.2. The Balaban J connectivity index is 1.51. The van der Waals surface area contributed by atoms with E-state index < -0.39 is 83.6 Å². The zero-order chi connectivity index (χ0) is 39.6. The van der Waals surface area contributed by atoms with Crippen LogP contribution in [0, 0.1) is 17.0 Å². The number of carbonyl (C=O) groups is 6. The van der Waals surface area contributed by atoms with Gasteiger partial charge in [0.15, 0.2) is 0 Å². The summed E-state index contributed by atoms with van der Waals surface area (Å²) in [5.74, 6) is -5.94. The standard InChI is InChI=1S/C38H45F2N7O7/c1-38(2,3)35(30-17-24(26-18-25(39)9-10-27(26)40)21-46(30)20-23-7-5-4-6-8-23)43-14-13-28(45-29(37(53)54)19-31(41)48)36(52)44-16-15-42-32(49)22-47-33(50)11-12-34(47)51/h4-12,17-18,21,28-29,35,43,45H,13-16,19-20,22H2,1-3H3,(H2,41,48)(H,42,49)(H,44,52)(H,53,54)/t28-,29-,35-/m0/s1. The van der Waals surface area contributed by atoms with Gasteiger partial charge in [0.2, 0.25) is 17.7 Å². The maximum Gasteiger partial charge on any atom is 0.321 e. The molecule has 3 atom stereocenters. The van der Waals surface area contributed by atoms with Gasteiger partial charge in [-0.2, -0.15) is 0 Å². The minimum atomic E-state index is -1.48. The third-order valence-electron chi connectivity index (χ3n) is 8.68. The van der Waals surface area contributed by atoms with Crippen LogP contribution in [-0.2, 0) is 35.3 Å². The number of nitrogens with zero attached hydrogens (tertiary/aromatic N) is 2. The minimum Gasteiger partial charge on any atom is -0.480 e. The SMILES string of the molecule is CC(C)(C)[C@@H](NCC[C@H](N[C@@H](CC(N)=O)C(=O)O)C(=O)NCCNC(=O)CN1C(=O)C=CC1=O)c1cc(-c2cc(F)ccc2F)cn1Cc1ccccc1. The van der Waals surface area contributed by atoms with Gasteiger partial charge in [0, 0.05) is 54.8 Å². The normalized spacial score (nSPS) is 14.5. The molecule has 0 saturated carbocycles. The van der Waals surface area contributed by atoms with Crippen molar-refractivity contribution in [2.24, 2.45) is 11.1 Å². The highest BCUT2D eigenvalue weighted by Gasteiger charge is 2.32. The quantitative estimate of drug-likeness (QED) is 0.0783. The number of carboxylic acids is 1. The molecule has 1 aromatic heterocycles. The average molecular weight is 750 g/mol. The molecule has 2 aromatic carbocycles. The Labute approximate surface area is 311 Å². The molecule has 5 amide bonds. The van der Waals surface area contributed by atoms with Crippen LogP contribution in [0.3, 0.4) is 0 Å². The van der Waals surface area contributed by atoms with Crippen molar-refractivity contribution < 1.29 is 42.7 Å². The van der Waals surface area contributed by atoms with Crippen LogP contribution in [-0.4, -0.2) is 88.3 Å². The number of rotatable bonds is 19. The number of aliphatic carboxylic acids is 1. The molecule has 2 heterocycles. The second-order valence-electron chi connectivity index (χ2n) is 14.0. The first-order chi connectivity index (χ1) is 25.5. The number of amides is 5. The minimum absolute atomic E-state index is 0.0320. The first-order valence-corrected chi connectivity index (χ1v) is 17.3. The van der Waals surface area contributed by atoms with Gasteiger partial charge in [-0.1, -0.05) is 51.1 Å². The van der Waals surface area contributed by atoms with Crippen LogP contribution >= 0.6 is 0 Å². The van der Waals surface area contributed by atoms with Crippen molar-refractivity contribution in [2.45, 2.75) is 58.3 Å². The fourth-order valence-corrected chi connectivity index (χ4v) is 6.03. The van der Waals surface area contributed by atoms with E-state index in [1.54, 1.807) is 12.3 Å².